The smallest absolute Gasteiger partial charge is 0.303 e. The molecule has 0 aliphatic carbocycles. The SMILES string of the molecule is CC(CC(=O)O)c1ccc2c(c1)CCO2. The molecule has 3 heteroatoms. The fraction of sp³-hybridized carbons (Fsp3) is 0.417. The summed E-state index contributed by atoms with van der Waals surface area (Å²) in [6, 6.07) is 5.96. The van der Waals surface area contributed by atoms with Gasteiger partial charge in [-0.2, -0.15) is 0 Å². The van der Waals surface area contributed by atoms with Crippen molar-refractivity contribution in [3.05, 3.63) is 29.3 Å². The van der Waals surface area contributed by atoms with Crippen LogP contribution in [-0.2, 0) is 11.2 Å². The number of carboxylic acid groups (broad SMARTS) is 1. The van der Waals surface area contributed by atoms with E-state index in [0.717, 1.165) is 24.3 Å². The minimum atomic E-state index is -0.751. The van der Waals surface area contributed by atoms with Crippen LogP contribution in [0.4, 0.5) is 0 Å². The molecule has 0 spiro atoms. The van der Waals surface area contributed by atoms with Gasteiger partial charge in [0.1, 0.15) is 5.75 Å². The zero-order valence-corrected chi connectivity index (χ0v) is 8.69. The van der Waals surface area contributed by atoms with Gasteiger partial charge in [0.2, 0.25) is 0 Å². The molecule has 15 heavy (non-hydrogen) atoms. The average molecular weight is 206 g/mol. The van der Waals surface area contributed by atoms with Crippen molar-refractivity contribution in [3.63, 3.8) is 0 Å². The van der Waals surface area contributed by atoms with Crippen molar-refractivity contribution in [1.29, 1.82) is 0 Å². The molecule has 0 bridgehead atoms. The Bertz CT molecular complexity index is 384. The third-order valence-corrected chi connectivity index (χ3v) is 2.76. The molecule has 0 aromatic heterocycles. The van der Waals surface area contributed by atoms with Gasteiger partial charge in [-0.25, -0.2) is 0 Å². The Morgan fingerprint density at radius 1 is 1.60 bits per heavy atom. The molecule has 1 heterocycles. The highest BCUT2D eigenvalue weighted by atomic mass is 16.5. The Balaban J connectivity index is 2.19. The Labute approximate surface area is 88.7 Å². The van der Waals surface area contributed by atoms with E-state index >= 15 is 0 Å². The summed E-state index contributed by atoms with van der Waals surface area (Å²) in [7, 11) is 0. The van der Waals surface area contributed by atoms with Crippen LogP contribution >= 0.6 is 0 Å². The van der Waals surface area contributed by atoms with E-state index in [2.05, 4.69) is 6.07 Å². The maximum atomic E-state index is 10.6. The molecule has 1 aliphatic heterocycles. The van der Waals surface area contributed by atoms with Gasteiger partial charge in [0.15, 0.2) is 0 Å². The molecule has 2 rings (SSSR count). The van der Waals surface area contributed by atoms with Crippen molar-refractivity contribution in [1.82, 2.24) is 0 Å². The second kappa shape index (κ2) is 3.93. The second-order valence-electron chi connectivity index (χ2n) is 3.96. The molecule has 1 aromatic rings. The van der Waals surface area contributed by atoms with E-state index in [4.69, 9.17) is 9.84 Å². The molecule has 0 amide bonds. The number of benzene rings is 1. The number of carbonyl (C=O) groups is 1. The molecule has 0 saturated heterocycles. The Morgan fingerprint density at radius 2 is 2.40 bits per heavy atom. The van der Waals surface area contributed by atoms with E-state index in [1.165, 1.54) is 5.56 Å². The predicted octanol–water partition coefficient (Wildman–Crippen LogP) is 2.20. The fourth-order valence-electron chi connectivity index (χ4n) is 1.89. The van der Waals surface area contributed by atoms with Crippen LogP contribution in [0.5, 0.6) is 5.75 Å². The summed E-state index contributed by atoms with van der Waals surface area (Å²) in [5.41, 5.74) is 2.28. The lowest BCUT2D eigenvalue weighted by Gasteiger charge is -2.10. The van der Waals surface area contributed by atoms with Crippen LogP contribution in [0.1, 0.15) is 30.4 Å². The molecule has 80 valence electrons. The first-order valence-electron chi connectivity index (χ1n) is 5.14. The lowest BCUT2D eigenvalue weighted by Crippen LogP contribution is -2.02. The van der Waals surface area contributed by atoms with Gasteiger partial charge in [-0.3, -0.25) is 4.79 Å². The van der Waals surface area contributed by atoms with E-state index in [1.807, 2.05) is 19.1 Å². The number of carboxylic acids is 1. The standard InChI is InChI=1S/C12H14O3/c1-8(6-12(13)14)9-2-3-11-10(7-9)4-5-15-11/h2-3,7-8H,4-6H2,1H3,(H,13,14). The fourth-order valence-corrected chi connectivity index (χ4v) is 1.89. The third kappa shape index (κ3) is 2.12. The molecule has 3 nitrogen and oxygen atoms in total. The first-order valence-corrected chi connectivity index (χ1v) is 5.14. The molecular formula is C12H14O3. The summed E-state index contributed by atoms with van der Waals surface area (Å²) in [4.78, 5) is 10.6. The average Bonchev–Trinajstić information content (AvgIpc) is 2.62. The zero-order chi connectivity index (χ0) is 10.8. The molecular weight excluding hydrogens is 192 g/mol. The second-order valence-corrected chi connectivity index (χ2v) is 3.96. The van der Waals surface area contributed by atoms with E-state index < -0.39 is 5.97 Å². The minimum Gasteiger partial charge on any atom is -0.493 e. The lowest BCUT2D eigenvalue weighted by atomic mass is 9.95. The molecule has 1 aliphatic rings. The summed E-state index contributed by atoms with van der Waals surface area (Å²) < 4.78 is 5.40. The van der Waals surface area contributed by atoms with Gasteiger partial charge in [0.05, 0.1) is 13.0 Å². The van der Waals surface area contributed by atoms with Crippen LogP contribution in [0.2, 0.25) is 0 Å². The van der Waals surface area contributed by atoms with Crippen molar-refractivity contribution in [3.8, 4) is 5.75 Å². The quantitative estimate of drug-likeness (QED) is 0.824. The highest BCUT2D eigenvalue weighted by Crippen LogP contribution is 2.29. The van der Waals surface area contributed by atoms with Gasteiger partial charge in [0.25, 0.3) is 0 Å². The van der Waals surface area contributed by atoms with Gasteiger partial charge in [-0.1, -0.05) is 19.1 Å². The number of aliphatic carboxylic acids is 1. The molecule has 0 saturated carbocycles. The molecule has 0 radical (unpaired) electrons. The van der Waals surface area contributed by atoms with E-state index in [-0.39, 0.29) is 12.3 Å². The van der Waals surface area contributed by atoms with Crippen LogP contribution in [0.25, 0.3) is 0 Å². The van der Waals surface area contributed by atoms with Crippen molar-refractivity contribution in [2.45, 2.75) is 25.7 Å². The van der Waals surface area contributed by atoms with Crippen molar-refractivity contribution in [2.75, 3.05) is 6.61 Å². The lowest BCUT2D eigenvalue weighted by molar-refractivity contribution is -0.137. The summed E-state index contributed by atoms with van der Waals surface area (Å²) in [5, 5.41) is 8.71. The number of ether oxygens (including phenoxy) is 1. The minimum absolute atomic E-state index is 0.0633. The summed E-state index contributed by atoms with van der Waals surface area (Å²) in [6.07, 6.45) is 1.11. The molecule has 1 atom stereocenters. The predicted molar refractivity (Wildman–Crippen MR) is 56.3 cm³/mol. The van der Waals surface area contributed by atoms with E-state index in [0.29, 0.717) is 0 Å². The number of rotatable bonds is 3. The number of fused-ring (bicyclic) bond motifs is 1. The molecule has 1 unspecified atom stereocenters. The first-order chi connectivity index (χ1) is 7.16. The van der Waals surface area contributed by atoms with Crippen molar-refractivity contribution < 1.29 is 14.6 Å². The van der Waals surface area contributed by atoms with Gasteiger partial charge in [0, 0.05) is 6.42 Å². The van der Waals surface area contributed by atoms with Crippen LogP contribution in [0.3, 0.4) is 0 Å². The van der Waals surface area contributed by atoms with Gasteiger partial charge in [-0.15, -0.1) is 0 Å². The van der Waals surface area contributed by atoms with E-state index in [1.54, 1.807) is 0 Å². The Hall–Kier alpha value is -1.51. The summed E-state index contributed by atoms with van der Waals surface area (Å²) >= 11 is 0. The van der Waals surface area contributed by atoms with Crippen LogP contribution in [0, 0.1) is 0 Å². The first kappa shape index (κ1) is 10.0. The van der Waals surface area contributed by atoms with Crippen molar-refractivity contribution in [2.24, 2.45) is 0 Å². The topological polar surface area (TPSA) is 46.5 Å². The number of hydrogen-bond acceptors (Lipinski definition) is 2. The normalized spacial score (nSPS) is 15.5. The van der Waals surface area contributed by atoms with Crippen LogP contribution < -0.4 is 4.74 Å². The van der Waals surface area contributed by atoms with Crippen molar-refractivity contribution >= 4 is 5.97 Å². The van der Waals surface area contributed by atoms with Crippen LogP contribution in [-0.4, -0.2) is 17.7 Å². The molecule has 0 fully saturated rings. The monoisotopic (exact) mass is 206 g/mol. The maximum absolute atomic E-state index is 10.6. The summed E-state index contributed by atoms with van der Waals surface area (Å²) in [5.74, 6) is 0.258. The largest absolute Gasteiger partial charge is 0.493 e. The van der Waals surface area contributed by atoms with Crippen LogP contribution in [0.15, 0.2) is 18.2 Å². The van der Waals surface area contributed by atoms with Gasteiger partial charge in [-0.05, 0) is 23.1 Å². The molecule has 1 aromatic carbocycles. The summed E-state index contributed by atoms with van der Waals surface area (Å²) in [6.45, 7) is 2.68. The maximum Gasteiger partial charge on any atom is 0.303 e. The van der Waals surface area contributed by atoms with E-state index in [9.17, 15) is 4.79 Å². The number of hydrogen-bond donors (Lipinski definition) is 1. The van der Waals surface area contributed by atoms with Gasteiger partial charge < -0.3 is 9.84 Å². The zero-order valence-electron chi connectivity index (χ0n) is 8.69. The Kier molecular flexibility index (Phi) is 2.62. The third-order valence-electron chi connectivity index (χ3n) is 2.76. The van der Waals surface area contributed by atoms with Gasteiger partial charge >= 0.3 is 5.97 Å². The highest BCUT2D eigenvalue weighted by Gasteiger charge is 2.15. The Morgan fingerprint density at radius 3 is 3.13 bits per heavy atom. The highest BCUT2D eigenvalue weighted by molar-refractivity contribution is 5.68. The molecule has 1 N–H and O–H groups in total.